The average molecular weight is 355 g/mol. The summed E-state index contributed by atoms with van der Waals surface area (Å²) in [5, 5.41) is 7.91. The summed E-state index contributed by atoms with van der Waals surface area (Å²) in [6.45, 7) is 2.45. The molecule has 132 valence electrons. The number of imide groups is 1. The standard InChI is InChI=1S/C16H23ClN4O3/c1-3-4-9-18-16(24)20-15(23)11-21(2)10-14(22)19-13-8-6-5-7-12(13)17/h5-8H,3-4,9-11H2,1-2H3,(H,19,22)(H2,18,20,23,24). The van der Waals surface area contributed by atoms with E-state index in [4.69, 9.17) is 11.6 Å². The summed E-state index contributed by atoms with van der Waals surface area (Å²) in [4.78, 5) is 36.6. The van der Waals surface area contributed by atoms with Crippen molar-refractivity contribution in [3.8, 4) is 0 Å². The number of hydrogen-bond acceptors (Lipinski definition) is 4. The van der Waals surface area contributed by atoms with Gasteiger partial charge in [-0.2, -0.15) is 0 Å². The van der Waals surface area contributed by atoms with E-state index in [1.807, 2.05) is 6.92 Å². The molecule has 4 amide bonds. The normalized spacial score (nSPS) is 10.3. The van der Waals surface area contributed by atoms with Crippen LogP contribution in [0.5, 0.6) is 0 Å². The Hall–Kier alpha value is -2.12. The second kappa shape index (κ2) is 10.6. The number of unbranched alkanes of at least 4 members (excludes halogenated alkanes) is 1. The van der Waals surface area contributed by atoms with Crippen molar-refractivity contribution in [2.45, 2.75) is 19.8 Å². The molecular formula is C16H23ClN4O3. The van der Waals surface area contributed by atoms with Gasteiger partial charge in [0, 0.05) is 6.54 Å². The van der Waals surface area contributed by atoms with Gasteiger partial charge in [-0.15, -0.1) is 0 Å². The highest BCUT2D eigenvalue weighted by Crippen LogP contribution is 2.20. The molecule has 0 unspecified atom stereocenters. The number of carbonyl (C=O) groups is 3. The lowest BCUT2D eigenvalue weighted by Gasteiger charge is -2.16. The second-order valence-electron chi connectivity index (χ2n) is 5.36. The molecule has 0 atom stereocenters. The molecule has 0 heterocycles. The molecule has 0 spiro atoms. The maximum absolute atomic E-state index is 11.9. The van der Waals surface area contributed by atoms with Gasteiger partial charge < -0.3 is 10.6 Å². The van der Waals surface area contributed by atoms with Gasteiger partial charge in [-0.05, 0) is 25.6 Å². The van der Waals surface area contributed by atoms with Crippen molar-refractivity contribution in [1.82, 2.24) is 15.5 Å². The van der Waals surface area contributed by atoms with Crippen LogP contribution in [-0.4, -0.2) is 49.4 Å². The largest absolute Gasteiger partial charge is 0.338 e. The molecule has 0 aliphatic heterocycles. The fourth-order valence-electron chi connectivity index (χ4n) is 1.89. The molecule has 0 aliphatic rings. The minimum absolute atomic E-state index is 0.00387. The zero-order chi connectivity index (χ0) is 17.9. The van der Waals surface area contributed by atoms with Crippen LogP contribution in [0.25, 0.3) is 0 Å². The van der Waals surface area contributed by atoms with Crippen molar-refractivity contribution in [3.05, 3.63) is 29.3 Å². The lowest BCUT2D eigenvalue weighted by atomic mass is 10.3. The number of urea groups is 1. The molecule has 0 bridgehead atoms. The third kappa shape index (κ3) is 7.94. The number of likely N-dealkylation sites (N-methyl/N-ethyl adjacent to an activating group) is 1. The Labute approximate surface area is 146 Å². The molecule has 0 radical (unpaired) electrons. The van der Waals surface area contributed by atoms with Crippen LogP contribution in [0.3, 0.4) is 0 Å². The number of carbonyl (C=O) groups excluding carboxylic acids is 3. The molecule has 1 aromatic rings. The van der Waals surface area contributed by atoms with Gasteiger partial charge in [0.15, 0.2) is 0 Å². The van der Waals surface area contributed by atoms with Crippen LogP contribution < -0.4 is 16.0 Å². The van der Waals surface area contributed by atoms with E-state index < -0.39 is 11.9 Å². The number of amides is 4. The lowest BCUT2D eigenvalue weighted by molar-refractivity contribution is -0.122. The number of anilines is 1. The summed E-state index contributed by atoms with van der Waals surface area (Å²) >= 11 is 5.96. The fourth-order valence-corrected chi connectivity index (χ4v) is 2.07. The lowest BCUT2D eigenvalue weighted by Crippen LogP contribution is -2.45. The number of rotatable bonds is 8. The molecule has 0 aliphatic carbocycles. The van der Waals surface area contributed by atoms with E-state index in [1.165, 1.54) is 4.90 Å². The van der Waals surface area contributed by atoms with Crippen LogP contribution in [0.1, 0.15) is 19.8 Å². The third-order valence-corrected chi connectivity index (χ3v) is 3.37. The fraction of sp³-hybridized carbons (Fsp3) is 0.438. The van der Waals surface area contributed by atoms with E-state index >= 15 is 0 Å². The number of para-hydroxylation sites is 1. The van der Waals surface area contributed by atoms with E-state index in [1.54, 1.807) is 31.3 Å². The summed E-state index contributed by atoms with van der Waals surface area (Å²) in [6.07, 6.45) is 1.81. The van der Waals surface area contributed by atoms with E-state index in [2.05, 4.69) is 16.0 Å². The number of hydrogen-bond donors (Lipinski definition) is 3. The van der Waals surface area contributed by atoms with Gasteiger partial charge >= 0.3 is 6.03 Å². The number of nitrogens with one attached hydrogen (secondary N) is 3. The first-order chi connectivity index (χ1) is 11.4. The number of halogens is 1. The van der Waals surface area contributed by atoms with Crippen molar-refractivity contribution in [2.24, 2.45) is 0 Å². The Bertz CT molecular complexity index is 580. The van der Waals surface area contributed by atoms with Crippen molar-refractivity contribution in [1.29, 1.82) is 0 Å². The summed E-state index contributed by atoms with van der Waals surface area (Å²) in [7, 11) is 1.61. The maximum atomic E-state index is 11.9. The van der Waals surface area contributed by atoms with Crippen LogP contribution in [0.4, 0.5) is 10.5 Å². The van der Waals surface area contributed by atoms with Crippen LogP contribution in [-0.2, 0) is 9.59 Å². The summed E-state index contributed by atoms with van der Waals surface area (Å²) in [5.74, 6) is -0.775. The average Bonchev–Trinajstić information content (AvgIpc) is 2.49. The smallest absolute Gasteiger partial charge is 0.321 e. The minimum atomic E-state index is -0.526. The molecule has 24 heavy (non-hydrogen) atoms. The summed E-state index contributed by atoms with van der Waals surface area (Å²) < 4.78 is 0. The van der Waals surface area contributed by atoms with E-state index in [0.717, 1.165) is 12.8 Å². The molecule has 8 heteroatoms. The van der Waals surface area contributed by atoms with Gasteiger partial charge in [-0.25, -0.2) is 4.79 Å². The Morgan fingerprint density at radius 3 is 2.46 bits per heavy atom. The molecule has 0 fully saturated rings. The first kappa shape index (κ1) is 19.9. The highest BCUT2D eigenvalue weighted by atomic mass is 35.5. The van der Waals surface area contributed by atoms with Crippen LogP contribution in [0.2, 0.25) is 5.02 Å². The topological polar surface area (TPSA) is 90.5 Å². The quantitative estimate of drug-likeness (QED) is 0.621. The van der Waals surface area contributed by atoms with E-state index in [9.17, 15) is 14.4 Å². The monoisotopic (exact) mass is 354 g/mol. The molecule has 1 aromatic carbocycles. The predicted octanol–water partition coefficient (Wildman–Crippen LogP) is 1.84. The number of nitrogens with zero attached hydrogens (tertiary/aromatic N) is 1. The highest BCUT2D eigenvalue weighted by molar-refractivity contribution is 6.33. The second-order valence-corrected chi connectivity index (χ2v) is 5.77. The zero-order valence-electron chi connectivity index (χ0n) is 13.9. The van der Waals surface area contributed by atoms with Crippen molar-refractivity contribution in [3.63, 3.8) is 0 Å². The van der Waals surface area contributed by atoms with Gasteiger partial charge in [-0.3, -0.25) is 19.8 Å². The molecular weight excluding hydrogens is 332 g/mol. The highest BCUT2D eigenvalue weighted by Gasteiger charge is 2.13. The Morgan fingerprint density at radius 2 is 1.79 bits per heavy atom. The van der Waals surface area contributed by atoms with Gasteiger partial charge in [0.1, 0.15) is 0 Å². The van der Waals surface area contributed by atoms with E-state index in [-0.39, 0.29) is 19.0 Å². The zero-order valence-corrected chi connectivity index (χ0v) is 14.7. The maximum Gasteiger partial charge on any atom is 0.321 e. The molecule has 7 nitrogen and oxygen atoms in total. The van der Waals surface area contributed by atoms with Gasteiger partial charge in [0.2, 0.25) is 11.8 Å². The van der Waals surface area contributed by atoms with Gasteiger partial charge in [-0.1, -0.05) is 37.1 Å². The molecule has 0 aromatic heterocycles. The molecule has 3 N–H and O–H groups in total. The Morgan fingerprint density at radius 1 is 1.12 bits per heavy atom. The predicted molar refractivity (Wildman–Crippen MR) is 94.0 cm³/mol. The Balaban J connectivity index is 2.33. The molecule has 0 saturated heterocycles. The van der Waals surface area contributed by atoms with Crippen LogP contribution in [0.15, 0.2) is 24.3 Å². The van der Waals surface area contributed by atoms with Gasteiger partial charge in [0.05, 0.1) is 23.8 Å². The first-order valence-electron chi connectivity index (χ1n) is 7.73. The van der Waals surface area contributed by atoms with Crippen molar-refractivity contribution >= 4 is 35.1 Å². The summed E-state index contributed by atoms with van der Waals surface area (Å²) in [6, 6.07) is 6.36. The van der Waals surface area contributed by atoms with E-state index in [0.29, 0.717) is 17.3 Å². The van der Waals surface area contributed by atoms with Gasteiger partial charge in [0.25, 0.3) is 0 Å². The number of benzene rings is 1. The van der Waals surface area contributed by atoms with Crippen molar-refractivity contribution in [2.75, 3.05) is 32.0 Å². The van der Waals surface area contributed by atoms with Crippen molar-refractivity contribution < 1.29 is 14.4 Å². The first-order valence-corrected chi connectivity index (χ1v) is 8.10. The SMILES string of the molecule is CCCCNC(=O)NC(=O)CN(C)CC(=O)Nc1ccccc1Cl. The molecule has 1 rings (SSSR count). The van der Waals surface area contributed by atoms with Crippen LogP contribution >= 0.6 is 11.6 Å². The molecule has 0 saturated carbocycles. The third-order valence-electron chi connectivity index (χ3n) is 3.04. The van der Waals surface area contributed by atoms with Crippen LogP contribution in [0, 0.1) is 0 Å². The summed E-state index contributed by atoms with van der Waals surface area (Å²) in [5.41, 5.74) is 0.511. The Kier molecular flexibility index (Phi) is 8.81. The minimum Gasteiger partial charge on any atom is -0.338 e.